The summed E-state index contributed by atoms with van der Waals surface area (Å²) in [6.07, 6.45) is 0. The normalized spacial score (nSPS) is 10.7. The van der Waals surface area contributed by atoms with E-state index in [1.807, 2.05) is 25.1 Å². The van der Waals surface area contributed by atoms with Crippen LogP contribution in [0.15, 0.2) is 36.4 Å². The van der Waals surface area contributed by atoms with Gasteiger partial charge in [-0.2, -0.15) is 0 Å². The van der Waals surface area contributed by atoms with E-state index >= 15 is 0 Å². The van der Waals surface area contributed by atoms with Crippen molar-refractivity contribution in [3.63, 3.8) is 0 Å². The number of anilines is 2. The molecule has 1 amide bonds. The Morgan fingerprint density at radius 1 is 1.26 bits per heavy atom. The first-order valence-corrected chi connectivity index (χ1v) is 7.84. The van der Waals surface area contributed by atoms with Crippen LogP contribution < -0.4 is 10.6 Å². The Kier molecular flexibility index (Phi) is 5.61. The van der Waals surface area contributed by atoms with Crippen LogP contribution in [-0.4, -0.2) is 12.5 Å². The van der Waals surface area contributed by atoms with Crippen molar-refractivity contribution in [2.45, 2.75) is 26.7 Å². The molecule has 0 radical (unpaired) electrons. The van der Waals surface area contributed by atoms with Crippen molar-refractivity contribution in [1.82, 2.24) is 0 Å². The molecule has 0 saturated heterocycles. The third-order valence-corrected chi connectivity index (χ3v) is 3.85. The highest BCUT2D eigenvalue weighted by Gasteiger charge is 2.12. The fraction of sp³-hybridized carbons (Fsp3) is 0.278. The molecule has 0 aliphatic rings. The van der Waals surface area contributed by atoms with Gasteiger partial charge in [-0.05, 0) is 42.2 Å². The van der Waals surface area contributed by atoms with E-state index in [-0.39, 0.29) is 17.5 Å². The molecular weight excluding hydrogens is 315 g/mol. The molecule has 23 heavy (non-hydrogen) atoms. The average molecular weight is 335 g/mol. The van der Waals surface area contributed by atoms with Gasteiger partial charge in [-0.3, -0.25) is 4.79 Å². The maximum absolute atomic E-state index is 13.1. The average Bonchev–Trinajstić information content (AvgIpc) is 2.50. The lowest BCUT2D eigenvalue weighted by molar-refractivity contribution is -0.114. The minimum Gasteiger partial charge on any atom is -0.376 e. The smallest absolute Gasteiger partial charge is 0.243 e. The molecule has 122 valence electrons. The predicted molar refractivity (Wildman–Crippen MR) is 93.8 cm³/mol. The molecule has 0 heterocycles. The summed E-state index contributed by atoms with van der Waals surface area (Å²) in [5.41, 5.74) is 3.57. The van der Waals surface area contributed by atoms with Crippen molar-refractivity contribution in [2.75, 3.05) is 17.2 Å². The van der Waals surface area contributed by atoms with Crippen molar-refractivity contribution >= 4 is 28.9 Å². The van der Waals surface area contributed by atoms with Gasteiger partial charge in [0, 0.05) is 11.4 Å². The molecule has 0 aliphatic heterocycles. The van der Waals surface area contributed by atoms with Crippen LogP contribution in [0.3, 0.4) is 0 Å². The SMILES string of the molecule is Cc1cccc(C(C)C)c1NC(=O)CNc1ccc(F)c(Cl)c1. The minimum atomic E-state index is -0.483. The van der Waals surface area contributed by atoms with Crippen molar-refractivity contribution in [3.8, 4) is 0 Å². The third kappa shape index (κ3) is 4.45. The van der Waals surface area contributed by atoms with Gasteiger partial charge < -0.3 is 10.6 Å². The minimum absolute atomic E-state index is 0.0245. The molecular formula is C18H20ClFN2O. The monoisotopic (exact) mass is 334 g/mol. The second-order valence-electron chi connectivity index (χ2n) is 5.72. The quantitative estimate of drug-likeness (QED) is 0.811. The van der Waals surface area contributed by atoms with E-state index in [4.69, 9.17) is 11.6 Å². The highest BCUT2D eigenvalue weighted by molar-refractivity contribution is 6.31. The second kappa shape index (κ2) is 7.47. The van der Waals surface area contributed by atoms with Crippen LogP contribution in [0.5, 0.6) is 0 Å². The highest BCUT2D eigenvalue weighted by atomic mass is 35.5. The maximum atomic E-state index is 13.1. The Balaban J connectivity index is 2.04. The number of hydrogen-bond acceptors (Lipinski definition) is 2. The van der Waals surface area contributed by atoms with Gasteiger partial charge >= 0.3 is 0 Å². The van der Waals surface area contributed by atoms with Gasteiger partial charge in [0.05, 0.1) is 11.6 Å². The van der Waals surface area contributed by atoms with Crippen LogP contribution in [-0.2, 0) is 4.79 Å². The molecule has 0 aromatic heterocycles. The zero-order chi connectivity index (χ0) is 17.0. The Hall–Kier alpha value is -2.07. The van der Waals surface area contributed by atoms with Crippen molar-refractivity contribution < 1.29 is 9.18 Å². The lowest BCUT2D eigenvalue weighted by atomic mass is 9.98. The number of aryl methyl sites for hydroxylation is 1. The topological polar surface area (TPSA) is 41.1 Å². The number of amides is 1. The van der Waals surface area contributed by atoms with E-state index in [9.17, 15) is 9.18 Å². The van der Waals surface area contributed by atoms with Crippen LogP contribution in [0, 0.1) is 12.7 Å². The standard InChI is InChI=1S/C18H20ClFN2O/c1-11(2)14-6-4-5-12(3)18(14)22-17(23)10-21-13-7-8-16(20)15(19)9-13/h4-9,11,21H,10H2,1-3H3,(H,22,23). The summed E-state index contributed by atoms with van der Waals surface area (Å²) in [5, 5.41) is 5.91. The number of carbonyl (C=O) groups excluding carboxylic acids is 1. The summed E-state index contributed by atoms with van der Waals surface area (Å²) >= 11 is 5.72. The summed E-state index contributed by atoms with van der Waals surface area (Å²) in [6.45, 7) is 6.22. The van der Waals surface area contributed by atoms with Crippen LogP contribution in [0.4, 0.5) is 15.8 Å². The molecule has 0 saturated carbocycles. The number of nitrogens with one attached hydrogen (secondary N) is 2. The summed E-state index contributed by atoms with van der Waals surface area (Å²) in [6, 6.07) is 10.2. The van der Waals surface area contributed by atoms with E-state index in [1.54, 1.807) is 6.07 Å². The lowest BCUT2D eigenvalue weighted by Crippen LogP contribution is -2.23. The van der Waals surface area contributed by atoms with Gasteiger partial charge in [0.2, 0.25) is 5.91 Å². The van der Waals surface area contributed by atoms with Gasteiger partial charge in [0.25, 0.3) is 0 Å². The van der Waals surface area contributed by atoms with Crippen molar-refractivity contribution in [2.24, 2.45) is 0 Å². The molecule has 0 aliphatic carbocycles. The first kappa shape index (κ1) is 17.3. The maximum Gasteiger partial charge on any atom is 0.243 e. The first-order valence-electron chi connectivity index (χ1n) is 7.46. The molecule has 3 nitrogen and oxygen atoms in total. The van der Waals surface area contributed by atoms with Crippen LogP contribution in [0.25, 0.3) is 0 Å². The van der Waals surface area contributed by atoms with Crippen molar-refractivity contribution in [1.29, 1.82) is 0 Å². The molecule has 0 bridgehead atoms. The fourth-order valence-electron chi connectivity index (χ4n) is 2.31. The molecule has 0 fully saturated rings. The van der Waals surface area contributed by atoms with E-state index < -0.39 is 5.82 Å². The molecule has 2 rings (SSSR count). The molecule has 2 aromatic rings. The van der Waals surface area contributed by atoms with E-state index in [1.165, 1.54) is 12.1 Å². The van der Waals surface area contributed by atoms with E-state index in [0.717, 1.165) is 16.8 Å². The van der Waals surface area contributed by atoms with Crippen LogP contribution >= 0.6 is 11.6 Å². The molecule has 0 spiro atoms. The fourth-order valence-corrected chi connectivity index (χ4v) is 2.49. The van der Waals surface area contributed by atoms with Crippen molar-refractivity contribution in [3.05, 3.63) is 58.4 Å². The zero-order valence-electron chi connectivity index (χ0n) is 13.4. The second-order valence-corrected chi connectivity index (χ2v) is 6.13. The third-order valence-electron chi connectivity index (χ3n) is 3.56. The number of halogens is 2. The zero-order valence-corrected chi connectivity index (χ0v) is 14.2. The summed E-state index contributed by atoms with van der Waals surface area (Å²) in [4.78, 5) is 12.2. The highest BCUT2D eigenvalue weighted by Crippen LogP contribution is 2.27. The summed E-state index contributed by atoms with van der Waals surface area (Å²) in [7, 11) is 0. The number of benzene rings is 2. The molecule has 5 heteroatoms. The molecule has 2 N–H and O–H groups in total. The molecule has 0 unspecified atom stereocenters. The lowest BCUT2D eigenvalue weighted by Gasteiger charge is -2.16. The van der Waals surface area contributed by atoms with E-state index in [2.05, 4.69) is 24.5 Å². The predicted octanol–water partition coefficient (Wildman–Crippen LogP) is 4.96. The molecule has 0 atom stereocenters. The number of rotatable bonds is 5. The largest absolute Gasteiger partial charge is 0.376 e. The molecule has 2 aromatic carbocycles. The first-order chi connectivity index (χ1) is 10.9. The Morgan fingerprint density at radius 3 is 2.65 bits per heavy atom. The number of para-hydroxylation sites is 1. The van der Waals surface area contributed by atoms with Gasteiger partial charge in [-0.15, -0.1) is 0 Å². The van der Waals surface area contributed by atoms with Crippen LogP contribution in [0.1, 0.15) is 30.9 Å². The van der Waals surface area contributed by atoms with Gasteiger partial charge in [-0.25, -0.2) is 4.39 Å². The van der Waals surface area contributed by atoms with Gasteiger partial charge in [0.1, 0.15) is 5.82 Å². The Morgan fingerprint density at radius 2 is 2.00 bits per heavy atom. The number of carbonyl (C=O) groups is 1. The summed E-state index contributed by atoms with van der Waals surface area (Å²) < 4.78 is 13.1. The summed E-state index contributed by atoms with van der Waals surface area (Å²) in [5.74, 6) is -0.334. The number of hydrogen-bond donors (Lipinski definition) is 2. The van der Waals surface area contributed by atoms with Gasteiger partial charge in [-0.1, -0.05) is 43.6 Å². The van der Waals surface area contributed by atoms with Gasteiger partial charge in [0.15, 0.2) is 0 Å². The van der Waals surface area contributed by atoms with Crippen LogP contribution in [0.2, 0.25) is 5.02 Å². The van der Waals surface area contributed by atoms with E-state index in [0.29, 0.717) is 11.6 Å². The Labute approximate surface area is 140 Å². The Bertz CT molecular complexity index is 716.